The van der Waals surface area contributed by atoms with Crippen LogP contribution in [0.15, 0.2) is 73.2 Å². The molecule has 2 aromatic carbocycles. The van der Waals surface area contributed by atoms with Crippen LogP contribution in [-0.4, -0.2) is 45.7 Å². The summed E-state index contributed by atoms with van der Waals surface area (Å²) in [5.74, 6) is -0.542. The fourth-order valence-corrected chi connectivity index (χ4v) is 5.71. The van der Waals surface area contributed by atoms with Crippen LogP contribution in [-0.2, 0) is 21.4 Å². The molecule has 10 nitrogen and oxygen atoms in total. The Kier molecular flexibility index (Phi) is 7.71. The fourth-order valence-electron chi connectivity index (χ4n) is 5.28. The number of anilines is 1. The summed E-state index contributed by atoms with van der Waals surface area (Å²) in [5.41, 5.74) is 6.78. The number of hydrogen-bond acceptors (Lipinski definition) is 6. The zero-order chi connectivity index (χ0) is 31.9. The summed E-state index contributed by atoms with van der Waals surface area (Å²) in [4.78, 5) is 24.8. The van der Waals surface area contributed by atoms with Crippen molar-refractivity contribution in [1.29, 1.82) is 0 Å². The average Bonchev–Trinajstić information content (AvgIpc) is 3.58. The van der Waals surface area contributed by atoms with E-state index in [4.69, 9.17) is 0 Å². The SMILES string of the molecule is CC(C)(C)CC(=O)Nc1cncc(-c2cnc3[nH]nc(-c4cc5c(-c6cc(F)cc(CNS(C)(=O)=O)c6)cccc5[nH]4)c3c2)c1. The number of fused-ring (bicyclic) bond motifs is 2. The van der Waals surface area contributed by atoms with Crippen LogP contribution in [0, 0.1) is 11.2 Å². The molecule has 0 aliphatic carbocycles. The van der Waals surface area contributed by atoms with Gasteiger partial charge in [0.05, 0.1) is 23.8 Å². The predicted octanol–water partition coefficient (Wildman–Crippen LogP) is 6.40. The molecule has 230 valence electrons. The Labute approximate surface area is 259 Å². The van der Waals surface area contributed by atoms with Gasteiger partial charge in [0.2, 0.25) is 15.9 Å². The largest absolute Gasteiger partial charge is 0.353 e. The van der Waals surface area contributed by atoms with Crippen LogP contribution in [0.1, 0.15) is 32.8 Å². The summed E-state index contributed by atoms with van der Waals surface area (Å²) in [6.45, 7) is 6.02. The van der Waals surface area contributed by atoms with Crippen LogP contribution in [0.4, 0.5) is 10.1 Å². The van der Waals surface area contributed by atoms with Crippen LogP contribution < -0.4 is 10.0 Å². The van der Waals surface area contributed by atoms with Crippen LogP contribution in [0.3, 0.4) is 0 Å². The van der Waals surface area contributed by atoms with Gasteiger partial charge in [0.1, 0.15) is 11.5 Å². The fraction of sp³-hybridized carbons (Fsp3) is 0.212. The van der Waals surface area contributed by atoms with Crippen molar-refractivity contribution < 1.29 is 17.6 Å². The Hall–Kier alpha value is -4.94. The lowest BCUT2D eigenvalue weighted by Crippen LogP contribution is -2.21. The minimum atomic E-state index is -3.43. The van der Waals surface area contributed by atoms with Crippen LogP contribution in [0.5, 0.6) is 0 Å². The van der Waals surface area contributed by atoms with Crippen molar-refractivity contribution in [3.05, 3.63) is 84.6 Å². The molecule has 4 aromatic heterocycles. The minimum Gasteiger partial charge on any atom is -0.353 e. The molecule has 0 unspecified atom stereocenters. The van der Waals surface area contributed by atoms with E-state index in [1.54, 1.807) is 24.7 Å². The molecule has 4 N–H and O–H groups in total. The van der Waals surface area contributed by atoms with Gasteiger partial charge >= 0.3 is 0 Å². The van der Waals surface area contributed by atoms with Crippen molar-refractivity contribution in [1.82, 2.24) is 29.9 Å². The van der Waals surface area contributed by atoms with Crippen LogP contribution >= 0.6 is 0 Å². The molecule has 0 aliphatic heterocycles. The van der Waals surface area contributed by atoms with E-state index in [0.717, 1.165) is 44.9 Å². The number of aromatic nitrogens is 5. The van der Waals surface area contributed by atoms with Gasteiger partial charge in [-0.05, 0) is 64.6 Å². The molecule has 45 heavy (non-hydrogen) atoms. The number of hydrogen-bond donors (Lipinski definition) is 4. The Morgan fingerprint density at radius 1 is 0.956 bits per heavy atom. The molecule has 0 saturated carbocycles. The zero-order valence-corrected chi connectivity index (χ0v) is 26.0. The maximum atomic E-state index is 14.6. The zero-order valence-electron chi connectivity index (χ0n) is 25.2. The Balaban J connectivity index is 1.34. The third-order valence-electron chi connectivity index (χ3n) is 7.19. The number of carbonyl (C=O) groups is 1. The highest BCUT2D eigenvalue weighted by molar-refractivity contribution is 7.88. The lowest BCUT2D eigenvalue weighted by atomic mass is 9.92. The molecule has 0 radical (unpaired) electrons. The Morgan fingerprint density at radius 3 is 2.53 bits per heavy atom. The number of sulfonamides is 1. The van der Waals surface area contributed by atoms with Crippen LogP contribution in [0.2, 0.25) is 0 Å². The minimum absolute atomic E-state index is 0.0196. The third-order valence-corrected chi connectivity index (χ3v) is 7.86. The van der Waals surface area contributed by atoms with Gasteiger partial charge in [0.25, 0.3) is 0 Å². The molecule has 6 aromatic rings. The number of carbonyl (C=O) groups excluding carboxylic acids is 1. The highest BCUT2D eigenvalue weighted by Gasteiger charge is 2.18. The van der Waals surface area contributed by atoms with Crippen molar-refractivity contribution in [3.63, 3.8) is 0 Å². The van der Waals surface area contributed by atoms with Crippen molar-refractivity contribution in [2.24, 2.45) is 5.41 Å². The van der Waals surface area contributed by atoms with Crippen molar-refractivity contribution in [2.75, 3.05) is 11.6 Å². The first-order valence-corrected chi connectivity index (χ1v) is 16.2. The molecule has 0 aliphatic rings. The monoisotopic (exact) mass is 625 g/mol. The standard InChI is InChI=1S/C33H32FN7O3S/c1-33(2,3)14-30(42)38-24-11-21(16-35-18-24)22-12-27-31(40-41-32(27)36-17-22)29-13-26-25(6-5-7-28(26)39-29)20-8-19(9-23(34)10-20)15-37-45(4,43)44/h5-13,16-18,37,39H,14-15H2,1-4H3,(H,38,42)(H,36,40,41). The predicted molar refractivity (Wildman–Crippen MR) is 174 cm³/mol. The molecule has 0 bridgehead atoms. The molecule has 6 rings (SSSR count). The Bertz CT molecular complexity index is 2180. The molecule has 0 saturated heterocycles. The van der Waals surface area contributed by atoms with E-state index in [-0.39, 0.29) is 17.9 Å². The number of halogens is 1. The summed E-state index contributed by atoms with van der Waals surface area (Å²) < 4.78 is 40.2. The molecular formula is C33H32FN7O3S. The number of aromatic amines is 2. The number of amides is 1. The van der Waals surface area contributed by atoms with Gasteiger partial charge in [-0.2, -0.15) is 5.10 Å². The first-order chi connectivity index (χ1) is 21.3. The number of H-pyrrole nitrogens is 2. The summed E-state index contributed by atoms with van der Waals surface area (Å²) in [7, 11) is -3.43. The van der Waals surface area contributed by atoms with E-state index in [1.165, 1.54) is 12.1 Å². The van der Waals surface area contributed by atoms with E-state index in [1.807, 2.05) is 57.2 Å². The summed E-state index contributed by atoms with van der Waals surface area (Å²) in [6.07, 6.45) is 6.51. The number of pyridine rings is 2. The van der Waals surface area contributed by atoms with Gasteiger partial charge < -0.3 is 10.3 Å². The van der Waals surface area contributed by atoms with Crippen molar-refractivity contribution in [3.8, 4) is 33.6 Å². The average molecular weight is 626 g/mol. The van der Waals surface area contributed by atoms with E-state index >= 15 is 0 Å². The molecule has 1 amide bonds. The molecule has 0 spiro atoms. The highest BCUT2D eigenvalue weighted by Crippen LogP contribution is 2.35. The highest BCUT2D eigenvalue weighted by atomic mass is 32.2. The maximum absolute atomic E-state index is 14.6. The van der Waals surface area contributed by atoms with Gasteiger partial charge in [0.15, 0.2) is 5.65 Å². The van der Waals surface area contributed by atoms with E-state index < -0.39 is 15.8 Å². The van der Waals surface area contributed by atoms with E-state index in [2.05, 4.69) is 35.2 Å². The molecule has 12 heteroatoms. The van der Waals surface area contributed by atoms with Crippen molar-refractivity contribution in [2.45, 2.75) is 33.7 Å². The molecule has 4 heterocycles. The molecule has 0 fully saturated rings. The first kappa shape index (κ1) is 30.1. The summed E-state index contributed by atoms with van der Waals surface area (Å²) >= 11 is 0. The normalized spacial score (nSPS) is 12.2. The summed E-state index contributed by atoms with van der Waals surface area (Å²) in [5, 5.41) is 12.1. The second-order valence-corrected chi connectivity index (χ2v) is 14.2. The van der Waals surface area contributed by atoms with Crippen LogP contribution in [0.25, 0.3) is 55.6 Å². The maximum Gasteiger partial charge on any atom is 0.224 e. The lowest BCUT2D eigenvalue weighted by molar-refractivity contribution is -0.117. The number of rotatable bonds is 8. The summed E-state index contributed by atoms with van der Waals surface area (Å²) in [6, 6.07) is 16.0. The van der Waals surface area contributed by atoms with Crippen molar-refractivity contribution >= 4 is 43.6 Å². The van der Waals surface area contributed by atoms with Gasteiger partial charge in [-0.25, -0.2) is 22.5 Å². The second kappa shape index (κ2) is 11.5. The lowest BCUT2D eigenvalue weighted by Gasteiger charge is -2.17. The van der Waals surface area contributed by atoms with E-state index in [9.17, 15) is 17.6 Å². The number of benzene rings is 2. The Morgan fingerprint density at radius 2 is 1.76 bits per heavy atom. The van der Waals surface area contributed by atoms with E-state index in [0.29, 0.717) is 34.6 Å². The molecule has 0 atom stereocenters. The third kappa shape index (κ3) is 6.92. The quantitative estimate of drug-likeness (QED) is 0.154. The van der Waals surface area contributed by atoms with Gasteiger partial charge in [-0.15, -0.1) is 0 Å². The number of nitrogens with zero attached hydrogens (tertiary/aromatic N) is 3. The second-order valence-electron chi connectivity index (χ2n) is 12.3. The van der Waals surface area contributed by atoms with Gasteiger partial charge in [-0.1, -0.05) is 32.9 Å². The van der Waals surface area contributed by atoms with Gasteiger partial charge in [0, 0.05) is 52.8 Å². The molecular weight excluding hydrogens is 593 g/mol. The first-order valence-electron chi connectivity index (χ1n) is 14.3. The number of nitrogens with one attached hydrogen (secondary N) is 4. The topological polar surface area (TPSA) is 146 Å². The smallest absolute Gasteiger partial charge is 0.224 e. The van der Waals surface area contributed by atoms with Gasteiger partial charge in [-0.3, -0.25) is 14.9 Å².